The molecule has 3 aromatic rings. The van der Waals surface area contributed by atoms with E-state index in [1.54, 1.807) is 30.4 Å². The first kappa shape index (κ1) is 25.1. The summed E-state index contributed by atoms with van der Waals surface area (Å²) in [6.45, 7) is 1.31. The van der Waals surface area contributed by atoms with Crippen molar-refractivity contribution in [2.24, 2.45) is 5.73 Å². The largest absolute Gasteiger partial charge is 0.490 e. The van der Waals surface area contributed by atoms with Crippen molar-refractivity contribution in [3.63, 3.8) is 0 Å². The summed E-state index contributed by atoms with van der Waals surface area (Å²) in [5, 5.41) is 16.5. The van der Waals surface area contributed by atoms with Crippen LogP contribution < -0.4 is 21.1 Å². The summed E-state index contributed by atoms with van der Waals surface area (Å²) < 4.78 is 6.43. The highest BCUT2D eigenvalue weighted by atomic mass is 16.5. The van der Waals surface area contributed by atoms with Crippen molar-refractivity contribution in [2.75, 3.05) is 26.7 Å². The monoisotopic (exact) mass is 486 g/mol. The molecule has 36 heavy (non-hydrogen) atoms. The molecule has 0 radical (unpaired) electrons. The molecule has 1 atom stereocenters. The predicted molar refractivity (Wildman–Crippen MR) is 137 cm³/mol. The first-order valence-electron chi connectivity index (χ1n) is 12.0. The molecule has 9 heteroatoms. The average Bonchev–Trinajstić information content (AvgIpc) is 2.92. The number of carbonyl (C=O) groups excluding carboxylic acids is 2. The van der Waals surface area contributed by atoms with Crippen molar-refractivity contribution in [2.45, 2.75) is 31.4 Å². The van der Waals surface area contributed by atoms with Gasteiger partial charge in [0.05, 0.1) is 17.7 Å². The lowest BCUT2D eigenvalue weighted by Crippen LogP contribution is -2.52. The van der Waals surface area contributed by atoms with E-state index in [1.165, 1.54) is 0 Å². The summed E-state index contributed by atoms with van der Waals surface area (Å²) >= 11 is 0. The number of pyridine rings is 1. The van der Waals surface area contributed by atoms with Gasteiger partial charge in [0.1, 0.15) is 11.9 Å². The maximum atomic E-state index is 12.6. The lowest BCUT2D eigenvalue weighted by molar-refractivity contribution is -0.122. The summed E-state index contributed by atoms with van der Waals surface area (Å²) in [6, 6.07) is 14.7. The van der Waals surface area contributed by atoms with Crippen LogP contribution in [0.5, 0.6) is 5.75 Å². The Kier molecular flexibility index (Phi) is 8.10. The Balaban J connectivity index is 1.45. The highest BCUT2D eigenvalue weighted by Gasteiger charge is 2.27. The lowest BCUT2D eigenvalue weighted by Gasteiger charge is -2.32. The molecule has 1 aliphatic rings. The number of nitriles is 1. The molecule has 2 aromatic carbocycles. The summed E-state index contributed by atoms with van der Waals surface area (Å²) in [5.74, 6) is 0.345. The van der Waals surface area contributed by atoms with E-state index < -0.39 is 12.1 Å². The molecule has 1 saturated heterocycles. The van der Waals surface area contributed by atoms with Crippen molar-refractivity contribution in [3.8, 4) is 22.9 Å². The minimum atomic E-state index is -0.497. The molecule has 1 aliphatic heterocycles. The fourth-order valence-corrected chi connectivity index (χ4v) is 4.40. The van der Waals surface area contributed by atoms with E-state index >= 15 is 0 Å². The van der Waals surface area contributed by atoms with Crippen LogP contribution in [0.15, 0.2) is 54.9 Å². The van der Waals surface area contributed by atoms with Crippen LogP contribution in [0, 0.1) is 11.3 Å². The van der Waals surface area contributed by atoms with Crippen LogP contribution >= 0.6 is 0 Å². The highest BCUT2D eigenvalue weighted by molar-refractivity contribution is 5.97. The molecule has 4 N–H and O–H groups in total. The number of imide groups is 1. The van der Waals surface area contributed by atoms with E-state index in [0.717, 1.165) is 27.6 Å². The van der Waals surface area contributed by atoms with Crippen LogP contribution in [0.2, 0.25) is 0 Å². The number of amides is 3. The predicted octanol–water partition coefficient (Wildman–Crippen LogP) is 2.79. The molecule has 0 bridgehead atoms. The van der Waals surface area contributed by atoms with Gasteiger partial charge in [-0.25, -0.2) is 4.79 Å². The molecule has 9 nitrogen and oxygen atoms in total. The van der Waals surface area contributed by atoms with Gasteiger partial charge in [-0.3, -0.25) is 15.1 Å². The molecule has 0 saturated carbocycles. The number of rotatable bonds is 7. The fraction of sp³-hybridized carbons (Fsp3) is 0.333. The molecular formula is C27H30N6O3. The third-order valence-electron chi connectivity index (χ3n) is 6.42. The first-order valence-corrected chi connectivity index (χ1v) is 12.0. The van der Waals surface area contributed by atoms with Gasteiger partial charge in [0, 0.05) is 43.7 Å². The second-order valence-electron chi connectivity index (χ2n) is 8.78. The maximum absolute atomic E-state index is 12.6. The van der Waals surface area contributed by atoms with Gasteiger partial charge in [-0.1, -0.05) is 12.1 Å². The standard InChI is InChI=1S/C27H30N6O3/c1-30-24(5-9-28)26(34)32-27(35)33-11-7-22(8-12-33)36-25-15-21(14-20-6-10-31-17-23(20)25)19-4-2-3-18(13-19)16-29/h2-4,6,10,13-15,17,22,24,30H,5,7-9,11-12,28H2,1H3,(H,32,34,35). The molecule has 0 spiro atoms. The van der Waals surface area contributed by atoms with Crippen molar-refractivity contribution in [1.82, 2.24) is 20.5 Å². The van der Waals surface area contributed by atoms with E-state index in [9.17, 15) is 14.9 Å². The Hall–Kier alpha value is -4.00. The second-order valence-corrected chi connectivity index (χ2v) is 8.78. The van der Waals surface area contributed by atoms with Crippen LogP contribution in [0.25, 0.3) is 21.9 Å². The molecule has 2 heterocycles. The molecular weight excluding hydrogens is 456 g/mol. The van der Waals surface area contributed by atoms with E-state index in [4.69, 9.17) is 10.5 Å². The van der Waals surface area contributed by atoms with Gasteiger partial charge in [-0.2, -0.15) is 5.26 Å². The van der Waals surface area contributed by atoms with E-state index in [-0.39, 0.29) is 12.0 Å². The molecule has 0 aliphatic carbocycles. The van der Waals surface area contributed by atoms with Crippen LogP contribution in [0.4, 0.5) is 4.79 Å². The minimum absolute atomic E-state index is 0.0869. The number of urea groups is 1. The van der Waals surface area contributed by atoms with Crippen LogP contribution in [-0.4, -0.2) is 60.6 Å². The third-order valence-corrected chi connectivity index (χ3v) is 6.42. The Labute approximate surface area is 210 Å². The summed E-state index contributed by atoms with van der Waals surface area (Å²) in [5.41, 5.74) is 8.02. The van der Waals surface area contributed by atoms with Gasteiger partial charge in [0.15, 0.2) is 0 Å². The fourth-order valence-electron chi connectivity index (χ4n) is 4.40. The smallest absolute Gasteiger partial charge is 0.324 e. The topological polar surface area (TPSA) is 133 Å². The Morgan fingerprint density at radius 2 is 2.03 bits per heavy atom. The molecule has 1 aromatic heterocycles. The Morgan fingerprint density at radius 3 is 2.75 bits per heavy atom. The van der Waals surface area contributed by atoms with Gasteiger partial charge in [-0.05, 0) is 66.9 Å². The zero-order valence-electron chi connectivity index (χ0n) is 20.2. The number of carbonyl (C=O) groups is 2. The highest BCUT2D eigenvalue weighted by Crippen LogP contribution is 2.34. The van der Waals surface area contributed by atoms with Crippen LogP contribution in [0.3, 0.4) is 0 Å². The second kappa shape index (κ2) is 11.6. The summed E-state index contributed by atoms with van der Waals surface area (Å²) in [6.07, 6.45) is 5.16. The lowest BCUT2D eigenvalue weighted by atomic mass is 9.99. The number of likely N-dealkylation sites (N-methyl/N-ethyl adjacent to an activating group) is 1. The first-order chi connectivity index (χ1) is 17.5. The Morgan fingerprint density at radius 1 is 1.22 bits per heavy atom. The van der Waals surface area contributed by atoms with Crippen LogP contribution in [-0.2, 0) is 4.79 Å². The molecule has 1 fully saturated rings. The summed E-state index contributed by atoms with van der Waals surface area (Å²) in [4.78, 5) is 30.8. The minimum Gasteiger partial charge on any atom is -0.490 e. The number of hydrogen-bond donors (Lipinski definition) is 3. The summed E-state index contributed by atoms with van der Waals surface area (Å²) in [7, 11) is 1.67. The van der Waals surface area contributed by atoms with E-state index in [2.05, 4.69) is 27.8 Å². The third kappa shape index (κ3) is 5.79. The van der Waals surface area contributed by atoms with Crippen molar-refractivity contribution < 1.29 is 14.3 Å². The number of ether oxygens (including phenoxy) is 1. The number of piperidine rings is 1. The van der Waals surface area contributed by atoms with E-state index in [0.29, 0.717) is 44.5 Å². The quantitative estimate of drug-likeness (QED) is 0.468. The van der Waals surface area contributed by atoms with Gasteiger partial charge in [0.25, 0.3) is 0 Å². The number of nitrogens with one attached hydrogen (secondary N) is 2. The van der Waals surface area contributed by atoms with Gasteiger partial charge < -0.3 is 20.7 Å². The number of hydrogen-bond acceptors (Lipinski definition) is 7. The zero-order valence-corrected chi connectivity index (χ0v) is 20.2. The van der Waals surface area contributed by atoms with Crippen molar-refractivity contribution in [1.29, 1.82) is 5.26 Å². The number of nitrogens with zero attached hydrogens (tertiary/aromatic N) is 3. The molecule has 186 valence electrons. The van der Waals surface area contributed by atoms with E-state index in [1.807, 2.05) is 30.3 Å². The number of fused-ring (bicyclic) bond motifs is 1. The number of nitrogens with two attached hydrogens (primary N) is 1. The Bertz CT molecular complexity index is 1280. The van der Waals surface area contributed by atoms with Gasteiger partial charge >= 0.3 is 6.03 Å². The number of benzene rings is 2. The van der Waals surface area contributed by atoms with Crippen molar-refractivity contribution in [3.05, 3.63) is 60.4 Å². The SMILES string of the molecule is CNC(CCN)C(=O)NC(=O)N1CCC(Oc2cc(-c3cccc(C#N)c3)cc3ccncc23)CC1. The zero-order chi connectivity index (χ0) is 25.5. The van der Waals surface area contributed by atoms with Crippen LogP contribution in [0.1, 0.15) is 24.8 Å². The maximum Gasteiger partial charge on any atom is 0.324 e. The van der Waals surface area contributed by atoms with Gasteiger partial charge in [-0.15, -0.1) is 0 Å². The number of likely N-dealkylation sites (tertiary alicyclic amines) is 1. The molecule has 1 unspecified atom stereocenters. The molecule has 3 amide bonds. The average molecular weight is 487 g/mol. The normalized spacial score (nSPS) is 14.8. The number of aromatic nitrogens is 1. The van der Waals surface area contributed by atoms with Crippen molar-refractivity contribution >= 4 is 22.7 Å². The molecule has 4 rings (SSSR count). The van der Waals surface area contributed by atoms with Gasteiger partial charge in [0.2, 0.25) is 5.91 Å².